The minimum Gasteiger partial charge on any atom is -0.309 e. The molecule has 1 spiro atoms. The van der Waals surface area contributed by atoms with Gasteiger partial charge in [0.25, 0.3) is 0 Å². The van der Waals surface area contributed by atoms with E-state index in [0.717, 1.165) is 17.1 Å². The van der Waals surface area contributed by atoms with Gasteiger partial charge >= 0.3 is 0 Å². The van der Waals surface area contributed by atoms with Crippen molar-refractivity contribution in [2.75, 3.05) is 4.90 Å². The molecule has 0 saturated carbocycles. The third-order valence-electron chi connectivity index (χ3n) is 12.8. The number of fused-ring (bicyclic) bond motifs is 16. The van der Waals surface area contributed by atoms with Gasteiger partial charge in [0, 0.05) is 47.9 Å². The molecule has 0 saturated heterocycles. The molecule has 0 N–H and O–H groups in total. The Hall–Kier alpha value is -7.20. The Bertz CT molecular complexity index is 3420. The van der Waals surface area contributed by atoms with Crippen LogP contribution in [0.15, 0.2) is 206 Å². The number of anilines is 3. The van der Waals surface area contributed by atoms with E-state index in [1.54, 1.807) is 0 Å². The van der Waals surface area contributed by atoms with Crippen LogP contribution in [-0.4, -0.2) is 4.57 Å². The van der Waals surface area contributed by atoms with Crippen molar-refractivity contribution in [2.45, 2.75) is 5.41 Å². The maximum absolute atomic E-state index is 2.59. The zero-order valence-corrected chi connectivity index (χ0v) is 32.2. The highest BCUT2D eigenvalue weighted by Gasteiger charge is 2.53. The van der Waals surface area contributed by atoms with Crippen molar-refractivity contribution in [3.63, 3.8) is 0 Å². The minimum absolute atomic E-state index is 0.512. The molecule has 3 heteroatoms. The Balaban J connectivity index is 1.19. The van der Waals surface area contributed by atoms with Gasteiger partial charge in [-0.05, 0) is 93.5 Å². The van der Waals surface area contributed by atoms with E-state index in [0.29, 0.717) is 0 Å². The number of rotatable bonds is 4. The topological polar surface area (TPSA) is 8.17 Å². The van der Waals surface area contributed by atoms with Crippen LogP contribution in [0.4, 0.5) is 17.1 Å². The number of benzene rings is 9. The van der Waals surface area contributed by atoms with Crippen molar-refractivity contribution in [3.8, 4) is 27.9 Å². The van der Waals surface area contributed by atoms with Crippen LogP contribution in [0.1, 0.15) is 22.3 Å². The van der Waals surface area contributed by atoms with Gasteiger partial charge in [-0.25, -0.2) is 0 Å². The van der Waals surface area contributed by atoms with Gasteiger partial charge in [0.2, 0.25) is 0 Å². The van der Waals surface area contributed by atoms with E-state index in [1.165, 1.54) is 92.2 Å². The van der Waals surface area contributed by atoms with Crippen molar-refractivity contribution >= 4 is 70.4 Å². The van der Waals surface area contributed by atoms with Crippen LogP contribution in [0.2, 0.25) is 0 Å². The molecule has 0 bridgehead atoms. The molecule has 2 aliphatic rings. The van der Waals surface area contributed by atoms with E-state index in [4.69, 9.17) is 0 Å². The van der Waals surface area contributed by atoms with Crippen molar-refractivity contribution in [3.05, 3.63) is 229 Å². The first kappa shape index (κ1) is 31.9. The van der Waals surface area contributed by atoms with Crippen molar-refractivity contribution in [2.24, 2.45) is 0 Å². The zero-order valence-electron chi connectivity index (χ0n) is 31.4. The quantitative estimate of drug-likeness (QED) is 0.174. The molecule has 58 heavy (non-hydrogen) atoms. The number of hydrogen-bond donors (Lipinski definition) is 0. The van der Waals surface area contributed by atoms with Crippen LogP contribution in [0.5, 0.6) is 0 Å². The maximum atomic E-state index is 2.59. The van der Waals surface area contributed by atoms with Crippen LogP contribution in [-0.2, 0) is 5.41 Å². The Morgan fingerprint density at radius 3 is 1.71 bits per heavy atom. The Kier molecular flexibility index (Phi) is 6.56. The summed E-state index contributed by atoms with van der Waals surface area (Å²) in [4.78, 5) is 2.59. The van der Waals surface area contributed by atoms with E-state index in [1.807, 2.05) is 11.3 Å². The molecule has 2 heterocycles. The predicted octanol–water partition coefficient (Wildman–Crippen LogP) is 15.0. The predicted molar refractivity (Wildman–Crippen MR) is 245 cm³/mol. The average Bonchev–Trinajstić information content (AvgIpc) is 4.01. The van der Waals surface area contributed by atoms with Crippen molar-refractivity contribution in [1.82, 2.24) is 4.57 Å². The summed E-state index contributed by atoms with van der Waals surface area (Å²) in [6, 6.07) is 76.8. The molecule has 0 fully saturated rings. The fourth-order valence-corrected chi connectivity index (χ4v) is 11.8. The molecule has 2 aliphatic carbocycles. The second-order valence-corrected chi connectivity index (χ2v) is 16.6. The summed E-state index contributed by atoms with van der Waals surface area (Å²) >= 11 is 1.88. The molecule has 13 rings (SSSR count). The summed E-state index contributed by atoms with van der Waals surface area (Å²) in [5, 5.41) is 5.06. The molecule has 9 aromatic carbocycles. The molecule has 0 unspecified atom stereocenters. The summed E-state index contributed by atoms with van der Waals surface area (Å²) in [7, 11) is 0. The molecule has 0 radical (unpaired) electrons. The number of para-hydroxylation sites is 2. The normalized spacial score (nSPS) is 13.3. The first-order valence-corrected chi connectivity index (χ1v) is 20.8. The number of aromatic nitrogens is 1. The number of nitrogens with zero attached hydrogens (tertiary/aromatic N) is 2. The fraction of sp³-hybridized carbons (Fsp3) is 0.0182. The Morgan fingerprint density at radius 1 is 0.397 bits per heavy atom. The first-order valence-electron chi connectivity index (χ1n) is 20.0. The largest absolute Gasteiger partial charge is 0.309 e. The van der Waals surface area contributed by atoms with E-state index in [9.17, 15) is 0 Å². The van der Waals surface area contributed by atoms with Gasteiger partial charge in [0.1, 0.15) is 0 Å². The van der Waals surface area contributed by atoms with Gasteiger partial charge in [-0.2, -0.15) is 0 Å². The second-order valence-electron chi connectivity index (χ2n) is 15.6. The number of thiophene rings is 1. The maximum Gasteiger partial charge on any atom is 0.0746 e. The van der Waals surface area contributed by atoms with Gasteiger partial charge in [-0.1, -0.05) is 152 Å². The first-order chi connectivity index (χ1) is 28.8. The van der Waals surface area contributed by atoms with Gasteiger partial charge in [0.05, 0.1) is 27.8 Å². The molecular formula is C55H34N2S. The lowest BCUT2D eigenvalue weighted by Crippen LogP contribution is -2.28. The average molecular weight is 755 g/mol. The van der Waals surface area contributed by atoms with Gasteiger partial charge in [-0.15, -0.1) is 11.3 Å². The molecule has 270 valence electrons. The third kappa shape index (κ3) is 4.11. The summed E-state index contributed by atoms with van der Waals surface area (Å²) < 4.78 is 5.02. The standard InChI is InChI=1S/C55H34N2S/c1-2-16-35(17-3-1)56-47-27-12-7-22-43(47)53-48(56)28-15-29-49(53)57(36-32-33-41-40-21-8-13-31-51(40)58-52(41)34-36)50-30-14-23-42-39-20-6-11-26-46(39)55(54(42)50)44-24-9-4-18-37(44)38-19-5-10-25-45(38)55/h1-34H. The van der Waals surface area contributed by atoms with E-state index < -0.39 is 5.41 Å². The van der Waals surface area contributed by atoms with Crippen molar-refractivity contribution < 1.29 is 0 Å². The van der Waals surface area contributed by atoms with Crippen molar-refractivity contribution in [1.29, 1.82) is 0 Å². The third-order valence-corrected chi connectivity index (χ3v) is 13.9. The molecule has 0 atom stereocenters. The van der Waals surface area contributed by atoms with Crippen LogP contribution in [0.25, 0.3) is 69.9 Å². The molecule has 0 amide bonds. The van der Waals surface area contributed by atoms with Gasteiger partial charge in [-0.3, -0.25) is 0 Å². The summed E-state index contributed by atoms with van der Waals surface area (Å²) in [6.07, 6.45) is 0. The second kappa shape index (κ2) is 11.9. The molecule has 11 aromatic rings. The highest BCUT2D eigenvalue weighted by molar-refractivity contribution is 7.25. The summed E-state index contributed by atoms with van der Waals surface area (Å²) in [6.45, 7) is 0. The fourth-order valence-electron chi connectivity index (χ4n) is 10.6. The number of hydrogen-bond acceptors (Lipinski definition) is 2. The summed E-state index contributed by atoms with van der Waals surface area (Å²) in [5.41, 5.74) is 17.0. The lowest BCUT2D eigenvalue weighted by molar-refractivity contribution is 0.793. The molecule has 0 aliphatic heterocycles. The van der Waals surface area contributed by atoms with E-state index in [2.05, 4.69) is 216 Å². The molecule has 2 nitrogen and oxygen atoms in total. The highest BCUT2D eigenvalue weighted by atomic mass is 32.1. The summed E-state index contributed by atoms with van der Waals surface area (Å²) in [5.74, 6) is 0. The van der Waals surface area contributed by atoms with Crippen LogP contribution in [0, 0.1) is 0 Å². The lowest BCUT2D eigenvalue weighted by Gasteiger charge is -2.36. The smallest absolute Gasteiger partial charge is 0.0746 e. The minimum atomic E-state index is -0.512. The Morgan fingerprint density at radius 2 is 0.948 bits per heavy atom. The van der Waals surface area contributed by atoms with Gasteiger partial charge < -0.3 is 9.47 Å². The Labute approximate surface area is 340 Å². The monoisotopic (exact) mass is 754 g/mol. The lowest BCUT2D eigenvalue weighted by atomic mass is 9.70. The van der Waals surface area contributed by atoms with Crippen LogP contribution in [0.3, 0.4) is 0 Å². The van der Waals surface area contributed by atoms with E-state index >= 15 is 0 Å². The molecular weight excluding hydrogens is 721 g/mol. The van der Waals surface area contributed by atoms with Gasteiger partial charge in [0.15, 0.2) is 0 Å². The SMILES string of the molecule is c1ccc(-n2c3ccccc3c3c(N(c4ccc5c(c4)sc4ccccc45)c4cccc5c4C4(c6ccccc6-c6ccccc64)c4ccccc4-5)cccc32)cc1. The van der Waals surface area contributed by atoms with Crippen LogP contribution < -0.4 is 4.90 Å². The molecule has 2 aromatic heterocycles. The highest BCUT2D eigenvalue weighted by Crippen LogP contribution is 2.65. The zero-order chi connectivity index (χ0) is 38.0. The van der Waals surface area contributed by atoms with Crippen LogP contribution >= 0.6 is 11.3 Å². The van der Waals surface area contributed by atoms with E-state index in [-0.39, 0.29) is 0 Å².